The zero-order valence-corrected chi connectivity index (χ0v) is 22.3. The van der Waals surface area contributed by atoms with E-state index in [4.69, 9.17) is 31.5 Å². The molecular formula is C29H30ClN3O6. The van der Waals surface area contributed by atoms with E-state index in [1.54, 1.807) is 24.4 Å². The summed E-state index contributed by atoms with van der Waals surface area (Å²) in [4.78, 5) is 38.6. The van der Waals surface area contributed by atoms with Crippen molar-refractivity contribution in [1.82, 2.24) is 4.57 Å². The van der Waals surface area contributed by atoms with Crippen molar-refractivity contribution >= 4 is 29.1 Å². The number of nitrogens with two attached hydrogens (primary N) is 1. The third-order valence-electron chi connectivity index (χ3n) is 7.00. The predicted molar refractivity (Wildman–Crippen MR) is 147 cm³/mol. The lowest BCUT2D eigenvalue weighted by molar-refractivity contribution is -0.124. The second-order valence-electron chi connectivity index (χ2n) is 9.84. The molecule has 2 amide bonds. The van der Waals surface area contributed by atoms with Gasteiger partial charge in [-0.3, -0.25) is 14.4 Å². The largest absolute Gasteiger partial charge is 0.376 e. The highest BCUT2D eigenvalue weighted by atomic mass is 35.5. The summed E-state index contributed by atoms with van der Waals surface area (Å²) in [6, 6.07) is 12.5. The summed E-state index contributed by atoms with van der Waals surface area (Å²) in [6.07, 6.45) is 2.20. The van der Waals surface area contributed by atoms with Crippen LogP contribution in [0.3, 0.4) is 0 Å². The summed E-state index contributed by atoms with van der Waals surface area (Å²) in [5.74, 6) is -0.964. The summed E-state index contributed by atoms with van der Waals surface area (Å²) in [6.45, 7) is 3.49. The quantitative estimate of drug-likeness (QED) is 0.481. The number of ether oxygens (including phenoxy) is 3. The highest BCUT2D eigenvalue weighted by molar-refractivity contribution is 6.30. The smallest absolute Gasteiger partial charge is 0.251 e. The third-order valence-corrected chi connectivity index (χ3v) is 7.24. The van der Waals surface area contributed by atoms with Gasteiger partial charge in [0.05, 0.1) is 38.6 Å². The Morgan fingerprint density at radius 2 is 1.85 bits per heavy atom. The molecule has 5 rings (SSSR count). The van der Waals surface area contributed by atoms with Crippen LogP contribution in [0.1, 0.15) is 40.9 Å². The summed E-state index contributed by atoms with van der Waals surface area (Å²) in [7, 11) is 0. The number of carbonyl (C=O) groups excluding carboxylic acids is 2. The average Bonchev–Trinajstić information content (AvgIpc) is 2.92. The molecule has 1 fully saturated rings. The van der Waals surface area contributed by atoms with Gasteiger partial charge in [-0.25, -0.2) is 0 Å². The van der Waals surface area contributed by atoms with Crippen LogP contribution < -0.4 is 16.6 Å². The van der Waals surface area contributed by atoms with Gasteiger partial charge in [-0.2, -0.15) is 0 Å². The fraction of sp³-hybridized carbons (Fsp3) is 0.345. The highest BCUT2D eigenvalue weighted by Gasteiger charge is 2.29. The standard InChI is InChI=1S/C29H30ClN3O6/c1-17-10-19-2-5-21(30)11-24(19)25-13-27(34)33(14-20(25)15-39-17)26(12-23-16-37-8-9-38-23)29(36)32-22-6-3-18(4-7-22)28(31)35/h2-7,11,13-14,17,23,26H,8-10,12,15-16H2,1H3,(H2,31,35)(H,32,36)/t17-,23-,26+/m1/s1. The number of benzene rings is 2. The number of hydrogen-bond acceptors (Lipinski definition) is 6. The van der Waals surface area contributed by atoms with E-state index in [0.717, 1.165) is 22.3 Å². The minimum atomic E-state index is -0.896. The van der Waals surface area contributed by atoms with Crippen molar-refractivity contribution in [2.45, 2.75) is 44.6 Å². The Bertz CT molecular complexity index is 1430. The van der Waals surface area contributed by atoms with Crippen molar-refractivity contribution in [2.75, 3.05) is 25.1 Å². The van der Waals surface area contributed by atoms with Crippen molar-refractivity contribution in [3.63, 3.8) is 0 Å². The van der Waals surface area contributed by atoms with Crippen LogP contribution in [0.5, 0.6) is 0 Å². The van der Waals surface area contributed by atoms with Gasteiger partial charge in [-0.1, -0.05) is 17.7 Å². The number of hydrogen-bond donors (Lipinski definition) is 2. The molecule has 1 saturated heterocycles. The van der Waals surface area contributed by atoms with Crippen LogP contribution in [-0.4, -0.2) is 48.4 Å². The number of carbonyl (C=O) groups is 2. The maximum Gasteiger partial charge on any atom is 0.251 e. The van der Waals surface area contributed by atoms with Gasteiger partial charge < -0.3 is 29.8 Å². The van der Waals surface area contributed by atoms with Crippen molar-refractivity contribution in [3.8, 4) is 11.1 Å². The molecule has 204 valence electrons. The normalized spacial score (nSPS) is 19.6. The van der Waals surface area contributed by atoms with E-state index in [0.29, 0.717) is 42.5 Å². The molecule has 2 aliphatic rings. The number of anilines is 1. The lowest BCUT2D eigenvalue weighted by atomic mass is 9.92. The number of primary amides is 1. The van der Waals surface area contributed by atoms with E-state index in [1.807, 2.05) is 25.1 Å². The molecule has 3 atom stereocenters. The first-order valence-corrected chi connectivity index (χ1v) is 13.2. The monoisotopic (exact) mass is 551 g/mol. The van der Waals surface area contributed by atoms with Crippen molar-refractivity contribution in [3.05, 3.63) is 86.8 Å². The molecule has 0 spiro atoms. The predicted octanol–water partition coefficient (Wildman–Crippen LogP) is 3.71. The molecule has 3 heterocycles. The zero-order chi connectivity index (χ0) is 27.5. The second kappa shape index (κ2) is 11.7. The van der Waals surface area contributed by atoms with E-state index in [-0.39, 0.29) is 30.8 Å². The summed E-state index contributed by atoms with van der Waals surface area (Å²) < 4.78 is 18.9. The van der Waals surface area contributed by atoms with E-state index in [1.165, 1.54) is 16.7 Å². The Morgan fingerprint density at radius 3 is 2.56 bits per heavy atom. The SMILES string of the molecule is C[C@@H]1Cc2ccc(Cl)cc2-c2cc(=O)n([C@@H](C[C@@H]3COCCO3)C(=O)Nc3ccc(C(N)=O)cc3)cc2CO1. The van der Waals surface area contributed by atoms with Crippen molar-refractivity contribution < 1.29 is 23.8 Å². The molecule has 9 nitrogen and oxygen atoms in total. The summed E-state index contributed by atoms with van der Waals surface area (Å²) in [5.41, 5.74) is 9.21. The van der Waals surface area contributed by atoms with Crippen molar-refractivity contribution in [2.24, 2.45) is 5.73 Å². The van der Waals surface area contributed by atoms with Gasteiger partial charge >= 0.3 is 0 Å². The lowest BCUT2D eigenvalue weighted by Crippen LogP contribution is -2.39. The fourth-order valence-corrected chi connectivity index (χ4v) is 5.16. The van der Waals surface area contributed by atoms with E-state index >= 15 is 0 Å². The van der Waals surface area contributed by atoms with Crippen LogP contribution in [-0.2, 0) is 32.0 Å². The Balaban J connectivity index is 1.53. The van der Waals surface area contributed by atoms with Crippen LogP contribution in [0, 0.1) is 0 Å². The number of nitrogens with zero attached hydrogens (tertiary/aromatic N) is 1. The molecule has 2 aromatic carbocycles. The van der Waals surface area contributed by atoms with Gasteiger partial charge in [0.1, 0.15) is 6.04 Å². The number of aromatic nitrogens is 1. The van der Waals surface area contributed by atoms with Crippen molar-refractivity contribution in [1.29, 1.82) is 0 Å². The van der Waals surface area contributed by atoms with Crippen LogP contribution >= 0.6 is 11.6 Å². The second-order valence-corrected chi connectivity index (χ2v) is 10.3. The van der Waals surface area contributed by atoms with E-state index < -0.39 is 17.9 Å². The van der Waals surface area contributed by atoms with Crippen LogP contribution in [0.25, 0.3) is 11.1 Å². The van der Waals surface area contributed by atoms with Gasteiger partial charge in [0, 0.05) is 40.5 Å². The Kier molecular flexibility index (Phi) is 8.13. The average molecular weight is 552 g/mol. The molecule has 10 heteroatoms. The van der Waals surface area contributed by atoms with Crippen LogP contribution in [0.15, 0.2) is 59.5 Å². The van der Waals surface area contributed by atoms with Gasteiger partial charge in [0.25, 0.3) is 5.56 Å². The Morgan fingerprint density at radius 1 is 1.08 bits per heavy atom. The first kappa shape index (κ1) is 27.1. The molecule has 0 aliphatic carbocycles. The maximum absolute atomic E-state index is 13.6. The van der Waals surface area contributed by atoms with E-state index in [2.05, 4.69) is 5.32 Å². The molecule has 2 aliphatic heterocycles. The molecule has 0 saturated carbocycles. The van der Waals surface area contributed by atoms with Gasteiger partial charge in [-0.05, 0) is 66.4 Å². The topological polar surface area (TPSA) is 122 Å². The van der Waals surface area contributed by atoms with Crippen LogP contribution in [0.2, 0.25) is 5.02 Å². The number of pyridine rings is 1. The molecular weight excluding hydrogens is 522 g/mol. The number of halogens is 1. The molecule has 3 aromatic rings. The summed E-state index contributed by atoms with van der Waals surface area (Å²) in [5, 5.41) is 3.44. The van der Waals surface area contributed by atoms with Gasteiger partial charge in [0.15, 0.2) is 0 Å². The van der Waals surface area contributed by atoms with Gasteiger partial charge in [0.2, 0.25) is 11.8 Å². The Hall–Kier alpha value is -3.50. The molecule has 0 radical (unpaired) electrons. The first-order valence-electron chi connectivity index (χ1n) is 12.8. The number of fused-ring (bicyclic) bond motifs is 3. The molecule has 1 aromatic heterocycles. The van der Waals surface area contributed by atoms with Crippen LogP contribution in [0.4, 0.5) is 5.69 Å². The minimum absolute atomic E-state index is 0.0475. The molecule has 3 N–H and O–H groups in total. The number of nitrogens with one attached hydrogen (secondary N) is 1. The summed E-state index contributed by atoms with van der Waals surface area (Å²) >= 11 is 6.33. The first-order chi connectivity index (χ1) is 18.8. The maximum atomic E-state index is 13.6. The highest BCUT2D eigenvalue weighted by Crippen LogP contribution is 2.33. The molecule has 39 heavy (non-hydrogen) atoms. The number of rotatable bonds is 6. The lowest BCUT2D eigenvalue weighted by Gasteiger charge is -2.29. The van der Waals surface area contributed by atoms with Gasteiger partial charge in [-0.15, -0.1) is 0 Å². The fourth-order valence-electron chi connectivity index (χ4n) is 4.99. The number of amides is 2. The molecule has 0 unspecified atom stereocenters. The van der Waals surface area contributed by atoms with E-state index in [9.17, 15) is 14.4 Å². The zero-order valence-electron chi connectivity index (χ0n) is 21.5. The molecule has 0 bridgehead atoms. The minimum Gasteiger partial charge on any atom is -0.376 e. The Labute approximate surface area is 230 Å². The third kappa shape index (κ3) is 6.23.